The number of hydrogen-bond acceptors (Lipinski definition) is 10. The molecule has 4 aromatic carbocycles. The molecule has 5 aromatic rings. The Kier molecular flexibility index (Phi) is 11.5. The van der Waals surface area contributed by atoms with E-state index < -0.39 is 66.2 Å². The minimum Gasteiger partial charge on any atom is -0.459 e. The number of rotatable bonds is 9. The maximum Gasteiger partial charge on any atom is 0.340 e. The average molecular weight is 798 g/mol. The van der Waals surface area contributed by atoms with Gasteiger partial charge in [0.25, 0.3) is 11.5 Å². The highest BCUT2D eigenvalue weighted by Crippen LogP contribution is 2.35. The zero-order chi connectivity index (χ0) is 37.8. The van der Waals surface area contributed by atoms with E-state index >= 15 is 0 Å². The summed E-state index contributed by atoms with van der Waals surface area (Å²) >= 11 is 24.4. The van der Waals surface area contributed by atoms with Crippen molar-refractivity contribution >= 4 is 70.2 Å². The van der Waals surface area contributed by atoms with E-state index in [1.807, 2.05) is 0 Å². The minimum absolute atomic E-state index is 0.00583. The summed E-state index contributed by atoms with van der Waals surface area (Å²) in [5.41, 5.74) is -2.29. The highest BCUT2D eigenvalue weighted by Gasteiger charge is 2.52. The number of carbonyl (C=O) groups is 4. The highest BCUT2D eigenvalue weighted by molar-refractivity contribution is 6.37. The minimum atomic E-state index is -1.66. The quantitative estimate of drug-likeness (QED) is 0.119. The Morgan fingerprint density at radius 3 is 1.72 bits per heavy atom. The fraction of sp³-hybridized carbons (Fsp3) is 0.135. The molecule has 0 spiro atoms. The second-order valence-electron chi connectivity index (χ2n) is 11.4. The summed E-state index contributed by atoms with van der Waals surface area (Å²) in [4.78, 5) is 80.7. The van der Waals surface area contributed by atoms with E-state index in [4.69, 9.17) is 65.4 Å². The summed E-state index contributed by atoms with van der Waals surface area (Å²) in [7, 11) is 0. The number of nitrogens with zero attached hydrogens (tertiary/aromatic N) is 2. The molecule has 12 nitrogen and oxygen atoms in total. The molecular weight excluding hydrogens is 774 g/mol. The Morgan fingerprint density at radius 1 is 0.642 bits per heavy atom. The van der Waals surface area contributed by atoms with E-state index in [0.29, 0.717) is 4.57 Å². The van der Waals surface area contributed by atoms with Gasteiger partial charge in [0.1, 0.15) is 12.7 Å². The Bertz CT molecular complexity index is 2330. The molecule has 0 radical (unpaired) electrons. The molecule has 0 aliphatic carbocycles. The van der Waals surface area contributed by atoms with Crippen LogP contribution in [0.5, 0.6) is 0 Å². The first-order chi connectivity index (χ1) is 25.4. The van der Waals surface area contributed by atoms with Crippen molar-refractivity contribution in [2.45, 2.75) is 24.5 Å². The lowest BCUT2D eigenvalue weighted by Crippen LogP contribution is -2.47. The van der Waals surface area contributed by atoms with Gasteiger partial charge in [0.2, 0.25) is 0 Å². The fourth-order valence-electron chi connectivity index (χ4n) is 5.41. The van der Waals surface area contributed by atoms with Gasteiger partial charge >= 0.3 is 23.6 Å². The zero-order valence-corrected chi connectivity index (χ0v) is 29.9. The van der Waals surface area contributed by atoms with E-state index in [9.17, 15) is 28.8 Å². The van der Waals surface area contributed by atoms with Gasteiger partial charge in [0.15, 0.2) is 18.4 Å². The smallest absolute Gasteiger partial charge is 0.340 e. The van der Waals surface area contributed by atoms with E-state index in [0.717, 1.165) is 16.8 Å². The van der Waals surface area contributed by atoms with Crippen LogP contribution in [-0.2, 0) is 18.9 Å². The van der Waals surface area contributed by atoms with Crippen molar-refractivity contribution in [3.8, 4) is 0 Å². The largest absolute Gasteiger partial charge is 0.459 e. The number of esters is 3. The van der Waals surface area contributed by atoms with Crippen LogP contribution in [-0.4, -0.2) is 57.9 Å². The summed E-state index contributed by atoms with van der Waals surface area (Å²) in [5.74, 6) is -3.77. The Labute approximate surface area is 319 Å². The second-order valence-corrected chi connectivity index (χ2v) is 13.1. The lowest BCUT2D eigenvalue weighted by atomic mass is 10.1. The van der Waals surface area contributed by atoms with Gasteiger partial charge in [-0.2, -0.15) is 4.57 Å². The van der Waals surface area contributed by atoms with Gasteiger partial charge in [-0.3, -0.25) is 14.2 Å². The standard InChI is InChI=1S/C37H24Cl4N2O10/c38-22-11-13-24(26(40)17-22)32(45)43-29(44)15-16-42(37(43)49)33-31(53-35(47)21-9-5-2-6-10-21)30(52-34(46)20-7-3-1-4-8-20)28(51-33)19-50-36(48)25-14-12-23(39)18-27(25)41/h1-18,28,30-31,33H,19H2. The molecule has 6 rings (SSSR count). The second kappa shape index (κ2) is 16.2. The molecule has 4 atom stereocenters. The maximum atomic E-state index is 14.0. The Hall–Kier alpha value is -5.24. The lowest BCUT2D eigenvalue weighted by Gasteiger charge is -2.25. The van der Waals surface area contributed by atoms with Gasteiger partial charge in [0.05, 0.1) is 32.3 Å². The molecule has 270 valence electrons. The summed E-state index contributed by atoms with van der Waals surface area (Å²) in [5, 5.41) is 0.335. The maximum absolute atomic E-state index is 14.0. The number of halogens is 4. The van der Waals surface area contributed by atoms with Crippen molar-refractivity contribution < 1.29 is 38.1 Å². The molecule has 1 aliphatic rings. The SMILES string of the molecule is O=C(OC1C(COC(=O)c2ccc(Cl)cc2Cl)OC(n2ccc(=O)n(C(=O)c3ccc(Cl)cc3Cl)c2=O)C1OC(=O)c1ccccc1)c1ccccc1. The van der Waals surface area contributed by atoms with Crippen LogP contribution in [0.3, 0.4) is 0 Å². The molecule has 1 fully saturated rings. The predicted octanol–water partition coefficient (Wildman–Crippen LogP) is 6.52. The summed E-state index contributed by atoms with van der Waals surface area (Å²) in [6.07, 6.45) is -5.21. The van der Waals surface area contributed by atoms with Crippen molar-refractivity contribution in [3.05, 3.63) is 173 Å². The van der Waals surface area contributed by atoms with Gasteiger partial charge in [-0.05, 0) is 60.7 Å². The van der Waals surface area contributed by atoms with Gasteiger partial charge in [0, 0.05) is 22.3 Å². The van der Waals surface area contributed by atoms with Crippen LogP contribution in [0.15, 0.2) is 119 Å². The Morgan fingerprint density at radius 2 is 1.17 bits per heavy atom. The first kappa shape index (κ1) is 37.5. The van der Waals surface area contributed by atoms with E-state index in [2.05, 4.69) is 0 Å². The van der Waals surface area contributed by atoms with Crippen molar-refractivity contribution in [1.29, 1.82) is 0 Å². The molecular formula is C37H24Cl4N2O10. The molecule has 1 saturated heterocycles. The summed E-state index contributed by atoms with van der Waals surface area (Å²) in [6, 6.07) is 24.5. The third kappa shape index (κ3) is 8.22. The number of ether oxygens (including phenoxy) is 4. The van der Waals surface area contributed by atoms with Crippen molar-refractivity contribution in [3.63, 3.8) is 0 Å². The van der Waals surface area contributed by atoms with E-state index in [-0.39, 0.29) is 42.3 Å². The molecule has 0 bridgehead atoms. The third-order valence-corrected chi connectivity index (χ3v) is 9.07. The van der Waals surface area contributed by atoms with Crippen LogP contribution in [0.1, 0.15) is 47.7 Å². The van der Waals surface area contributed by atoms with Crippen molar-refractivity contribution in [2.75, 3.05) is 6.61 Å². The molecule has 4 unspecified atom stereocenters. The van der Waals surface area contributed by atoms with Gasteiger partial charge in [-0.25, -0.2) is 19.2 Å². The Balaban J connectivity index is 1.42. The average Bonchev–Trinajstić information content (AvgIpc) is 3.46. The van der Waals surface area contributed by atoms with Crippen LogP contribution in [0.4, 0.5) is 0 Å². The predicted molar refractivity (Wildman–Crippen MR) is 193 cm³/mol. The molecule has 1 aliphatic heterocycles. The summed E-state index contributed by atoms with van der Waals surface area (Å²) in [6.45, 7) is -0.617. The van der Waals surface area contributed by atoms with E-state index in [1.165, 1.54) is 60.7 Å². The summed E-state index contributed by atoms with van der Waals surface area (Å²) < 4.78 is 24.6. The fourth-order valence-corrected chi connectivity index (χ4v) is 6.39. The lowest BCUT2D eigenvalue weighted by molar-refractivity contribution is -0.0643. The topological polar surface area (TPSA) is 149 Å². The molecule has 0 saturated carbocycles. The molecule has 0 N–H and O–H groups in total. The first-order valence-electron chi connectivity index (χ1n) is 15.6. The normalized spacial score (nSPS) is 17.9. The number of carbonyl (C=O) groups excluding carboxylic acids is 4. The van der Waals surface area contributed by atoms with Gasteiger partial charge < -0.3 is 18.9 Å². The number of benzene rings is 4. The van der Waals surface area contributed by atoms with E-state index in [1.54, 1.807) is 36.4 Å². The number of aromatic nitrogens is 2. The molecule has 53 heavy (non-hydrogen) atoms. The van der Waals surface area contributed by atoms with Gasteiger partial charge in [-0.15, -0.1) is 0 Å². The third-order valence-electron chi connectivity index (χ3n) is 7.97. The monoisotopic (exact) mass is 796 g/mol. The molecule has 0 amide bonds. The van der Waals surface area contributed by atoms with Gasteiger partial charge in [-0.1, -0.05) is 82.8 Å². The van der Waals surface area contributed by atoms with Crippen LogP contribution in [0.25, 0.3) is 0 Å². The highest BCUT2D eigenvalue weighted by atomic mass is 35.5. The first-order valence-corrected chi connectivity index (χ1v) is 17.1. The van der Waals surface area contributed by atoms with Crippen molar-refractivity contribution in [1.82, 2.24) is 9.13 Å². The van der Waals surface area contributed by atoms with Crippen molar-refractivity contribution in [2.24, 2.45) is 0 Å². The molecule has 16 heteroatoms. The molecule has 1 aromatic heterocycles. The van der Waals surface area contributed by atoms with Crippen LogP contribution in [0, 0.1) is 0 Å². The van der Waals surface area contributed by atoms with Crippen LogP contribution >= 0.6 is 46.4 Å². The number of hydrogen-bond donors (Lipinski definition) is 0. The zero-order valence-electron chi connectivity index (χ0n) is 26.9. The van der Waals surface area contributed by atoms with Crippen LogP contribution in [0.2, 0.25) is 20.1 Å². The molecule has 2 heterocycles. The van der Waals surface area contributed by atoms with Crippen LogP contribution < -0.4 is 11.2 Å².